The zero-order valence-electron chi connectivity index (χ0n) is 18.9. The van der Waals surface area contributed by atoms with Gasteiger partial charge >= 0.3 is 0 Å². The fraction of sp³-hybridized carbons (Fsp3) is 0.320. The number of rotatable bonds is 8. The van der Waals surface area contributed by atoms with Crippen molar-refractivity contribution in [3.63, 3.8) is 0 Å². The van der Waals surface area contributed by atoms with Crippen molar-refractivity contribution in [2.75, 3.05) is 0 Å². The van der Waals surface area contributed by atoms with Crippen LogP contribution in [0.25, 0.3) is 0 Å². The number of hydrogen-bond acceptors (Lipinski definition) is 4. The van der Waals surface area contributed by atoms with E-state index in [9.17, 15) is 13.6 Å². The largest absolute Gasteiger partial charge is 0.304 e. The van der Waals surface area contributed by atoms with Crippen LogP contribution in [0, 0.1) is 17.6 Å². The minimum atomic E-state index is -0.256. The maximum Gasteiger partial charge on any atom is 0.265 e. The van der Waals surface area contributed by atoms with Crippen LogP contribution in [0.2, 0.25) is 0 Å². The Morgan fingerprint density at radius 2 is 1.91 bits per heavy atom. The van der Waals surface area contributed by atoms with Gasteiger partial charge in [-0.3, -0.25) is 4.79 Å². The van der Waals surface area contributed by atoms with Crippen molar-refractivity contribution in [3.05, 3.63) is 95.6 Å². The molecule has 2 aromatic heterocycles. The summed E-state index contributed by atoms with van der Waals surface area (Å²) in [6.07, 6.45) is 6.76. The van der Waals surface area contributed by atoms with Gasteiger partial charge in [0.25, 0.3) is 6.33 Å². The van der Waals surface area contributed by atoms with Gasteiger partial charge in [0.2, 0.25) is 6.33 Å². The Hall–Kier alpha value is -3.75. The molecule has 4 atom stereocenters. The van der Waals surface area contributed by atoms with Crippen molar-refractivity contribution in [1.82, 2.24) is 24.5 Å². The Kier molecular flexibility index (Phi) is 5.77. The molecule has 2 aromatic carbocycles. The van der Waals surface area contributed by atoms with E-state index in [1.54, 1.807) is 29.1 Å². The van der Waals surface area contributed by atoms with E-state index in [2.05, 4.69) is 15.3 Å². The van der Waals surface area contributed by atoms with Crippen LogP contribution in [0.4, 0.5) is 8.78 Å². The van der Waals surface area contributed by atoms with E-state index >= 15 is 0 Å². The van der Waals surface area contributed by atoms with Gasteiger partial charge in [0, 0.05) is 11.0 Å². The molecule has 2 heterocycles. The SMILES string of the molecule is C[C@H](c1ccc(F)c([C@H]2CC2Cn2c[n+]([C@H](C)c3ccc(F)cc3)cn2)c1)n1cnnc1C=O. The third-order valence-electron chi connectivity index (χ3n) is 6.77. The van der Waals surface area contributed by atoms with Crippen LogP contribution in [0.3, 0.4) is 0 Å². The summed E-state index contributed by atoms with van der Waals surface area (Å²) in [4.78, 5) is 11.2. The lowest BCUT2D eigenvalue weighted by atomic mass is 10.0. The van der Waals surface area contributed by atoms with E-state index < -0.39 is 0 Å². The van der Waals surface area contributed by atoms with E-state index in [0.717, 1.165) is 17.5 Å². The van der Waals surface area contributed by atoms with Crippen LogP contribution in [-0.4, -0.2) is 30.8 Å². The molecule has 0 amide bonds. The van der Waals surface area contributed by atoms with Crippen molar-refractivity contribution >= 4 is 6.29 Å². The first-order valence-electron chi connectivity index (χ1n) is 11.3. The lowest BCUT2D eigenvalue weighted by Gasteiger charge is -2.16. The number of benzene rings is 2. The summed E-state index contributed by atoms with van der Waals surface area (Å²) in [5, 5.41) is 12.1. The Labute approximate surface area is 195 Å². The first-order valence-corrected chi connectivity index (χ1v) is 11.3. The summed E-state index contributed by atoms with van der Waals surface area (Å²) in [7, 11) is 0. The maximum absolute atomic E-state index is 14.7. The minimum absolute atomic E-state index is 0.0221. The average Bonchev–Trinajstić information content (AvgIpc) is 3.22. The van der Waals surface area contributed by atoms with Crippen LogP contribution in [-0.2, 0) is 6.54 Å². The number of carbonyl (C=O) groups excluding carboxylic acids is 1. The number of hydrogen-bond donors (Lipinski definition) is 0. The minimum Gasteiger partial charge on any atom is -0.304 e. The van der Waals surface area contributed by atoms with E-state index in [1.807, 2.05) is 35.5 Å². The van der Waals surface area contributed by atoms with Crippen molar-refractivity contribution in [2.45, 2.75) is 44.8 Å². The molecule has 1 saturated carbocycles. The Morgan fingerprint density at radius 1 is 1.15 bits per heavy atom. The van der Waals surface area contributed by atoms with Crippen molar-refractivity contribution in [2.24, 2.45) is 5.92 Å². The summed E-state index contributed by atoms with van der Waals surface area (Å²) in [6.45, 7) is 4.66. The molecule has 5 rings (SSSR count). The first-order chi connectivity index (χ1) is 16.4. The van der Waals surface area contributed by atoms with Crippen LogP contribution in [0.1, 0.15) is 65.6 Å². The fourth-order valence-electron chi connectivity index (χ4n) is 4.52. The summed E-state index contributed by atoms with van der Waals surface area (Å²) in [5.41, 5.74) is 2.58. The molecule has 0 saturated heterocycles. The van der Waals surface area contributed by atoms with Gasteiger partial charge < -0.3 is 4.57 Å². The molecule has 1 aliphatic rings. The van der Waals surface area contributed by atoms with Gasteiger partial charge in [0.1, 0.15) is 30.5 Å². The number of nitrogens with zero attached hydrogens (tertiary/aromatic N) is 6. The van der Waals surface area contributed by atoms with E-state index in [0.29, 0.717) is 18.4 Å². The molecule has 1 aliphatic carbocycles. The molecule has 0 spiro atoms. The zero-order valence-corrected chi connectivity index (χ0v) is 18.9. The predicted molar refractivity (Wildman–Crippen MR) is 119 cm³/mol. The maximum atomic E-state index is 14.7. The summed E-state index contributed by atoms with van der Waals surface area (Å²) in [5.74, 6) is 0.168. The highest BCUT2D eigenvalue weighted by atomic mass is 19.1. The van der Waals surface area contributed by atoms with Gasteiger partial charge in [-0.2, -0.15) is 0 Å². The molecule has 4 aromatic rings. The molecule has 1 fully saturated rings. The van der Waals surface area contributed by atoms with Gasteiger partial charge in [-0.15, -0.1) is 14.9 Å². The van der Waals surface area contributed by atoms with Crippen molar-refractivity contribution in [1.29, 1.82) is 0 Å². The zero-order chi connectivity index (χ0) is 23.8. The van der Waals surface area contributed by atoms with E-state index in [4.69, 9.17) is 0 Å². The average molecular weight is 464 g/mol. The second kappa shape index (κ2) is 8.89. The molecule has 1 unspecified atom stereocenters. The number of aromatic nitrogens is 6. The molecular weight excluding hydrogens is 438 g/mol. The number of halogens is 2. The molecule has 7 nitrogen and oxygen atoms in total. The molecular formula is C25H25F2N6O+. The molecule has 174 valence electrons. The predicted octanol–water partition coefficient (Wildman–Crippen LogP) is 3.88. The van der Waals surface area contributed by atoms with Crippen LogP contribution < -0.4 is 4.57 Å². The highest BCUT2D eigenvalue weighted by Gasteiger charge is 2.42. The molecule has 0 aliphatic heterocycles. The van der Waals surface area contributed by atoms with Crippen LogP contribution in [0.15, 0.2) is 61.4 Å². The lowest BCUT2D eigenvalue weighted by molar-refractivity contribution is -0.711. The van der Waals surface area contributed by atoms with Gasteiger partial charge in [0.15, 0.2) is 12.1 Å². The third kappa shape index (κ3) is 4.25. The lowest BCUT2D eigenvalue weighted by Crippen LogP contribution is -2.36. The summed E-state index contributed by atoms with van der Waals surface area (Å²) < 4.78 is 33.5. The quantitative estimate of drug-likeness (QED) is 0.294. The summed E-state index contributed by atoms with van der Waals surface area (Å²) >= 11 is 0. The topological polar surface area (TPSA) is 69.5 Å². The second-order valence-electron chi connectivity index (χ2n) is 8.92. The first kappa shape index (κ1) is 22.1. The monoisotopic (exact) mass is 463 g/mol. The van der Waals surface area contributed by atoms with Gasteiger partial charge in [-0.25, -0.2) is 13.3 Å². The van der Waals surface area contributed by atoms with Crippen LogP contribution in [0.5, 0.6) is 0 Å². The van der Waals surface area contributed by atoms with Crippen LogP contribution >= 0.6 is 0 Å². The smallest absolute Gasteiger partial charge is 0.265 e. The number of carbonyl (C=O) groups is 1. The highest BCUT2D eigenvalue weighted by molar-refractivity contribution is 5.69. The van der Waals surface area contributed by atoms with Gasteiger partial charge in [-0.1, -0.05) is 24.3 Å². The van der Waals surface area contributed by atoms with Gasteiger partial charge in [-0.05, 0) is 61.1 Å². The Balaban J connectivity index is 1.28. The van der Waals surface area contributed by atoms with Crippen molar-refractivity contribution < 1.29 is 18.1 Å². The van der Waals surface area contributed by atoms with Gasteiger partial charge in [0.05, 0.1) is 6.04 Å². The molecule has 34 heavy (non-hydrogen) atoms. The molecule has 9 heteroatoms. The molecule has 0 N–H and O–H groups in total. The summed E-state index contributed by atoms with van der Waals surface area (Å²) in [6, 6.07) is 11.4. The standard InChI is InChI=1S/C25H25F2N6O/c1-16(18-3-6-21(26)7-4-18)31-14-29-32(15-31)11-20-10-22(20)23-9-19(5-8-24(23)27)17(2)33-13-28-30-25(33)12-34/h3-9,12-17,20,22H,10-11H2,1-2H3/q+1/t16-,17-,20?,22+/m1/s1. The molecule has 0 bridgehead atoms. The normalized spacial score (nSPS) is 19.1. The number of aldehydes is 1. The van der Waals surface area contributed by atoms with E-state index in [1.165, 1.54) is 24.5 Å². The fourth-order valence-corrected chi connectivity index (χ4v) is 4.52. The third-order valence-corrected chi connectivity index (χ3v) is 6.77. The molecule has 0 radical (unpaired) electrons. The van der Waals surface area contributed by atoms with Crippen molar-refractivity contribution in [3.8, 4) is 0 Å². The Bertz CT molecular complexity index is 1320. The highest BCUT2D eigenvalue weighted by Crippen LogP contribution is 2.49. The van der Waals surface area contributed by atoms with E-state index in [-0.39, 0.29) is 41.4 Å². The Morgan fingerprint density at radius 3 is 2.68 bits per heavy atom. The second-order valence-corrected chi connectivity index (χ2v) is 8.92.